The normalized spacial score (nSPS) is 11.2. The zero-order valence-corrected chi connectivity index (χ0v) is 15.8. The van der Waals surface area contributed by atoms with E-state index in [0.717, 1.165) is 42.0 Å². The van der Waals surface area contributed by atoms with Crippen molar-refractivity contribution in [2.24, 2.45) is 0 Å². The summed E-state index contributed by atoms with van der Waals surface area (Å²) < 4.78 is 11.2. The lowest BCUT2D eigenvalue weighted by atomic mass is 10.0. The molecule has 132 valence electrons. The molecule has 3 heteroatoms. The Morgan fingerprint density at radius 1 is 0.958 bits per heavy atom. The van der Waals surface area contributed by atoms with Gasteiger partial charge in [0.25, 0.3) is 0 Å². The summed E-state index contributed by atoms with van der Waals surface area (Å²) in [6, 6.07) is 8.85. The van der Waals surface area contributed by atoms with Gasteiger partial charge in [-0.1, -0.05) is 32.4 Å². The summed E-state index contributed by atoms with van der Waals surface area (Å²) in [5.41, 5.74) is 2.45. The lowest BCUT2D eigenvalue weighted by molar-refractivity contribution is 0.287. The lowest BCUT2D eigenvalue weighted by Gasteiger charge is -2.20. The van der Waals surface area contributed by atoms with E-state index in [1.807, 2.05) is 0 Å². The third kappa shape index (κ3) is 4.21. The molecule has 0 amide bonds. The maximum Gasteiger partial charge on any atom is 0.168 e. The second-order valence-electron chi connectivity index (χ2n) is 6.35. The van der Waals surface area contributed by atoms with Crippen molar-refractivity contribution >= 4 is 10.8 Å². The molecule has 0 aromatic heterocycles. The first kappa shape index (κ1) is 18.6. The molecular weight excluding hydrogens is 298 g/mol. The standard InChI is InChI=1S/C21H31NO2/c1-6-8-12-22(7-2)13-11-17-9-10-18-14-16(3)20(23-4)21(24-5)19(18)15-17/h9-10,14-15H,6-8,11-13H2,1-5H3. The van der Waals surface area contributed by atoms with Gasteiger partial charge in [-0.2, -0.15) is 0 Å². The van der Waals surface area contributed by atoms with E-state index >= 15 is 0 Å². The van der Waals surface area contributed by atoms with Gasteiger partial charge < -0.3 is 14.4 Å². The van der Waals surface area contributed by atoms with Gasteiger partial charge in [-0.25, -0.2) is 0 Å². The van der Waals surface area contributed by atoms with Crippen LogP contribution < -0.4 is 9.47 Å². The Bertz CT molecular complexity index is 666. The number of unbranched alkanes of at least 4 members (excludes halogenated alkanes) is 1. The summed E-state index contributed by atoms with van der Waals surface area (Å²) in [7, 11) is 3.42. The highest BCUT2D eigenvalue weighted by Crippen LogP contribution is 2.38. The molecule has 0 saturated heterocycles. The van der Waals surface area contributed by atoms with Gasteiger partial charge in [-0.15, -0.1) is 0 Å². The zero-order chi connectivity index (χ0) is 17.5. The predicted molar refractivity (Wildman–Crippen MR) is 103 cm³/mol. The van der Waals surface area contributed by atoms with Gasteiger partial charge in [0.2, 0.25) is 0 Å². The number of nitrogens with zero attached hydrogens (tertiary/aromatic N) is 1. The number of benzene rings is 2. The van der Waals surface area contributed by atoms with Crippen LogP contribution in [0.2, 0.25) is 0 Å². The van der Waals surface area contributed by atoms with Crippen molar-refractivity contribution in [1.82, 2.24) is 4.90 Å². The van der Waals surface area contributed by atoms with Crippen molar-refractivity contribution in [3.05, 3.63) is 35.4 Å². The Labute approximate surface area is 146 Å². The molecule has 0 N–H and O–H groups in total. The second kappa shape index (κ2) is 8.93. The van der Waals surface area contributed by atoms with Gasteiger partial charge in [-0.3, -0.25) is 0 Å². The Morgan fingerprint density at radius 3 is 2.33 bits per heavy atom. The summed E-state index contributed by atoms with van der Waals surface area (Å²) in [5, 5.41) is 2.33. The van der Waals surface area contributed by atoms with Gasteiger partial charge in [0, 0.05) is 11.9 Å². The van der Waals surface area contributed by atoms with Crippen molar-refractivity contribution < 1.29 is 9.47 Å². The molecular formula is C21H31NO2. The van der Waals surface area contributed by atoms with Crippen LogP contribution in [0.4, 0.5) is 0 Å². The molecule has 0 aliphatic rings. The first-order valence-electron chi connectivity index (χ1n) is 9.01. The average molecular weight is 329 g/mol. The molecule has 2 aromatic carbocycles. The lowest BCUT2D eigenvalue weighted by Crippen LogP contribution is -2.26. The third-order valence-corrected chi connectivity index (χ3v) is 4.70. The summed E-state index contributed by atoms with van der Waals surface area (Å²) in [5.74, 6) is 1.67. The average Bonchev–Trinajstić information content (AvgIpc) is 2.60. The van der Waals surface area contributed by atoms with Crippen LogP contribution in [0.25, 0.3) is 10.8 Å². The highest BCUT2D eigenvalue weighted by molar-refractivity contribution is 5.92. The van der Waals surface area contributed by atoms with E-state index in [2.05, 4.69) is 49.9 Å². The van der Waals surface area contributed by atoms with E-state index in [-0.39, 0.29) is 0 Å². The van der Waals surface area contributed by atoms with Gasteiger partial charge in [0.05, 0.1) is 14.2 Å². The first-order valence-corrected chi connectivity index (χ1v) is 9.01. The fraction of sp³-hybridized carbons (Fsp3) is 0.524. The molecule has 24 heavy (non-hydrogen) atoms. The van der Waals surface area contributed by atoms with Crippen LogP contribution in [0, 0.1) is 6.92 Å². The molecule has 0 bridgehead atoms. The van der Waals surface area contributed by atoms with Crippen LogP contribution in [-0.2, 0) is 6.42 Å². The summed E-state index contributed by atoms with van der Waals surface area (Å²) in [4.78, 5) is 2.53. The summed E-state index contributed by atoms with van der Waals surface area (Å²) >= 11 is 0. The first-order chi connectivity index (χ1) is 11.6. The Hall–Kier alpha value is -1.74. The van der Waals surface area contributed by atoms with E-state index in [0.29, 0.717) is 0 Å². The minimum Gasteiger partial charge on any atom is -0.493 e. The predicted octanol–water partition coefficient (Wildman–Crippen LogP) is 4.83. The zero-order valence-electron chi connectivity index (χ0n) is 15.8. The van der Waals surface area contributed by atoms with Crippen molar-refractivity contribution in [2.75, 3.05) is 33.9 Å². The topological polar surface area (TPSA) is 21.7 Å². The Balaban J connectivity index is 2.25. The van der Waals surface area contributed by atoms with Crippen LogP contribution >= 0.6 is 0 Å². The van der Waals surface area contributed by atoms with Crippen LogP contribution in [-0.4, -0.2) is 38.8 Å². The van der Waals surface area contributed by atoms with Crippen LogP contribution in [0.15, 0.2) is 24.3 Å². The van der Waals surface area contributed by atoms with Crippen molar-refractivity contribution in [3.8, 4) is 11.5 Å². The summed E-state index contributed by atoms with van der Waals surface area (Å²) in [6.07, 6.45) is 3.59. The number of aryl methyl sites for hydroxylation is 1. The number of fused-ring (bicyclic) bond motifs is 1. The smallest absolute Gasteiger partial charge is 0.168 e. The maximum atomic E-state index is 5.65. The van der Waals surface area contributed by atoms with Gasteiger partial charge >= 0.3 is 0 Å². The van der Waals surface area contributed by atoms with E-state index in [1.54, 1.807) is 14.2 Å². The van der Waals surface area contributed by atoms with Crippen LogP contribution in [0.5, 0.6) is 11.5 Å². The quantitative estimate of drug-likeness (QED) is 0.658. The Kier molecular flexibility index (Phi) is 6.92. The number of hydrogen-bond donors (Lipinski definition) is 0. The highest BCUT2D eigenvalue weighted by Gasteiger charge is 2.13. The molecule has 0 fully saturated rings. The van der Waals surface area contributed by atoms with E-state index in [9.17, 15) is 0 Å². The summed E-state index contributed by atoms with van der Waals surface area (Å²) in [6.45, 7) is 9.96. The molecule has 0 atom stereocenters. The van der Waals surface area contributed by atoms with Crippen molar-refractivity contribution in [1.29, 1.82) is 0 Å². The van der Waals surface area contributed by atoms with Gasteiger partial charge in [0.1, 0.15) is 0 Å². The fourth-order valence-corrected chi connectivity index (χ4v) is 3.23. The molecule has 0 aliphatic carbocycles. The van der Waals surface area contributed by atoms with E-state index in [1.165, 1.54) is 30.3 Å². The highest BCUT2D eigenvalue weighted by atomic mass is 16.5. The number of methoxy groups -OCH3 is 2. The van der Waals surface area contributed by atoms with Crippen LogP contribution in [0.1, 0.15) is 37.8 Å². The molecule has 3 nitrogen and oxygen atoms in total. The molecule has 0 spiro atoms. The van der Waals surface area contributed by atoms with Gasteiger partial charge in [-0.05, 0) is 61.5 Å². The maximum absolute atomic E-state index is 5.65. The SMILES string of the molecule is CCCCN(CC)CCc1ccc2cc(C)c(OC)c(OC)c2c1. The van der Waals surface area contributed by atoms with Crippen LogP contribution in [0.3, 0.4) is 0 Å². The third-order valence-electron chi connectivity index (χ3n) is 4.70. The fourth-order valence-electron chi connectivity index (χ4n) is 3.23. The molecule has 0 saturated carbocycles. The van der Waals surface area contributed by atoms with Crippen molar-refractivity contribution in [3.63, 3.8) is 0 Å². The van der Waals surface area contributed by atoms with E-state index in [4.69, 9.17) is 9.47 Å². The number of likely N-dealkylation sites (N-methyl/N-ethyl adjacent to an activating group) is 1. The molecule has 2 aromatic rings. The van der Waals surface area contributed by atoms with Crippen molar-refractivity contribution in [2.45, 2.75) is 40.0 Å². The molecule has 0 radical (unpaired) electrons. The minimum absolute atomic E-state index is 0.834. The number of rotatable bonds is 9. The second-order valence-corrected chi connectivity index (χ2v) is 6.35. The molecule has 0 unspecified atom stereocenters. The van der Waals surface area contributed by atoms with E-state index < -0.39 is 0 Å². The molecule has 2 rings (SSSR count). The largest absolute Gasteiger partial charge is 0.493 e. The number of ether oxygens (including phenoxy) is 2. The number of hydrogen-bond acceptors (Lipinski definition) is 3. The monoisotopic (exact) mass is 329 g/mol. The minimum atomic E-state index is 0.834. The molecule has 0 heterocycles. The van der Waals surface area contributed by atoms with Gasteiger partial charge in [0.15, 0.2) is 11.5 Å². The molecule has 0 aliphatic heterocycles. The Morgan fingerprint density at radius 2 is 1.71 bits per heavy atom.